The second kappa shape index (κ2) is 14.1. The third-order valence-electron chi connectivity index (χ3n) is 7.31. The van der Waals surface area contributed by atoms with Crippen molar-refractivity contribution in [2.45, 2.75) is 44.7 Å². The fraction of sp³-hybridized carbons (Fsp3) is 0.235. The molecule has 9 heteroatoms. The van der Waals surface area contributed by atoms with Crippen LogP contribution >= 0.6 is 0 Å². The van der Waals surface area contributed by atoms with E-state index in [9.17, 15) is 22.4 Å². The Morgan fingerprint density at radius 2 is 1.47 bits per heavy atom. The van der Waals surface area contributed by atoms with Crippen LogP contribution < -0.4 is 9.62 Å². The molecular weight excluding hydrogens is 565 g/mol. The van der Waals surface area contributed by atoms with Gasteiger partial charge in [0, 0.05) is 25.1 Å². The summed E-state index contributed by atoms with van der Waals surface area (Å²) in [6.07, 6.45) is 0.155. The van der Waals surface area contributed by atoms with Crippen molar-refractivity contribution in [2.75, 3.05) is 17.4 Å². The molecule has 0 unspecified atom stereocenters. The normalized spacial score (nSPS) is 11.9. The molecule has 0 saturated carbocycles. The van der Waals surface area contributed by atoms with Gasteiger partial charge >= 0.3 is 0 Å². The zero-order valence-electron chi connectivity index (χ0n) is 24.5. The standard InChI is InChI=1S/C34H36FN3O4S/c1-4-36-34(40)32(22-27-13-7-5-8-14-27)37(23-28-15-11-12-18-31(28)35)33(39)24-38(29-20-19-25(2)26(3)21-29)43(41,42)30-16-9-6-10-17-30/h5-21,32H,4,22-24H2,1-3H3,(H,36,40)/t32-/m0/s1. The fourth-order valence-corrected chi connectivity index (χ4v) is 6.21. The van der Waals surface area contributed by atoms with Crippen LogP contribution in [0, 0.1) is 19.7 Å². The molecule has 4 aromatic carbocycles. The van der Waals surface area contributed by atoms with Gasteiger partial charge in [-0.1, -0.05) is 72.8 Å². The Hall–Kier alpha value is -4.50. The lowest BCUT2D eigenvalue weighted by Crippen LogP contribution is -2.53. The summed E-state index contributed by atoms with van der Waals surface area (Å²) >= 11 is 0. The quantitative estimate of drug-likeness (QED) is 0.235. The van der Waals surface area contributed by atoms with Crippen molar-refractivity contribution in [1.29, 1.82) is 0 Å². The third kappa shape index (κ3) is 7.67. The fourth-order valence-electron chi connectivity index (χ4n) is 4.79. The Balaban J connectivity index is 1.81. The van der Waals surface area contributed by atoms with E-state index in [1.54, 1.807) is 61.5 Å². The average molecular weight is 602 g/mol. The SMILES string of the molecule is CCNC(=O)[C@H](Cc1ccccc1)N(Cc1ccccc1F)C(=O)CN(c1ccc(C)c(C)c1)S(=O)(=O)c1ccccc1. The topological polar surface area (TPSA) is 86.8 Å². The van der Waals surface area contributed by atoms with Crippen molar-refractivity contribution in [3.63, 3.8) is 0 Å². The van der Waals surface area contributed by atoms with E-state index in [0.29, 0.717) is 12.2 Å². The van der Waals surface area contributed by atoms with Crippen molar-refractivity contribution in [3.05, 3.63) is 131 Å². The van der Waals surface area contributed by atoms with Crippen LogP contribution in [0.4, 0.5) is 10.1 Å². The van der Waals surface area contributed by atoms with Gasteiger partial charge in [-0.15, -0.1) is 0 Å². The number of amides is 2. The zero-order valence-corrected chi connectivity index (χ0v) is 25.4. The highest BCUT2D eigenvalue weighted by molar-refractivity contribution is 7.92. The molecule has 2 amide bonds. The van der Waals surface area contributed by atoms with Gasteiger partial charge in [0.1, 0.15) is 18.4 Å². The van der Waals surface area contributed by atoms with Gasteiger partial charge in [0.25, 0.3) is 10.0 Å². The monoisotopic (exact) mass is 601 g/mol. The van der Waals surface area contributed by atoms with Crippen LogP contribution in [-0.2, 0) is 32.6 Å². The number of hydrogen-bond acceptors (Lipinski definition) is 4. The second-order valence-corrected chi connectivity index (χ2v) is 12.2. The number of nitrogens with one attached hydrogen (secondary N) is 1. The molecule has 1 N–H and O–H groups in total. The first-order chi connectivity index (χ1) is 20.6. The van der Waals surface area contributed by atoms with E-state index >= 15 is 0 Å². The summed E-state index contributed by atoms with van der Waals surface area (Å²) in [6.45, 7) is 5.04. The van der Waals surface area contributed by atoms with Crippen molar-refractivity contribution in [3.8, 4) is 0 Å². The minimum Gasteiger partial charge on any atom is -0.355 e. The smallest absolute Gasteiger partial charge is 0.264 e. The lowest BCUT2D eigenvalue weighted by Gasteiger charge is -2.34. The highest BCUT2D eigenvalue weighted by Crippen LogP contribution is 2.27. The number of sulfonamides is 1. The molecule has 0 saturated heterocycles. The molecular formula is C34H36FN3O4S. The first-order valence-corrected chi connectivity index (χ1v) is 15.6. The van der Waals surface area contributed by atoms with Crippen LogP contribution in [0.3, 0.4) is 0 Å². The van der Waals surface area contributed by atoms with Crippen molar-refractivity contribution in [2.24, 2.45) is 0 Å². The molecule has 0 spiro atoms. The summed E-state index contributed by atoms with van der Waals surface area (Å²) in [5, 5.41) is 2.80. The van der Waals surface area contributed by atoms with Crippen LogP contribution in [0.15, 0.2) is 108 Å². The molecule has 4 rings (SSSR count). The predicted molar refractivity (Wildman–Crippen MR) is 166 cm³/mol. The molecule has 0 aliphatic heterocycles. The number of anilines is 1. The Labute approximate surface area is 253 Å². The van der Waals surface area contributed by atoms with Crippen molar-refractivity contribution < 1.29 is 22.4 Å². The van der Waals surface area contributed by atoms with E-state index in [-0.39, 0.29) is 23.4 Å². The maximum atomic E-state index is 14.9. The lowest BCUT2D eigenvalue weighted by atomic mass is 10.0. The minimum atomic E-state index is -4.20. The lowest BCUT2D eigenvalue weighted by molar-refractivity contribution is -0.140. The van der Waals surface area contributed by atoms with Crippen molar-refractivity contribution >= 4 is 27.5 Å². The number of nitrogens with zero attached hydrogens (tertiary/aromatic N) is 2. The van der Waals surface area contributed by atoms with E-state index in [1.165, 1.54) is 23.1 Å². The van der Waals surface area contributed by atoms with Crippen LogP contribution in [0.1, 0.15) is 29.2 Å². The number of hydrogen-bond donors (Lipinski definition) is 1. The third-order valence-corrected chi connectivity index (χ3v) is 9.10. The molecule has 0 radical (unpaired) electrons. The number of halogens is 1. The Bertz CT molecular complexity index is 1660. The number of carbonyl (C=O) groups excluding carboxylic acids is 2. The van der Waals surface area contributed by atoms with Gasteiger partial charge in [0.2, 0.25) is 11.8 Å². The number of aryl methyl sites for hydroxylation is 2. The van der Waals surface area contributed by atoms with E-state index in [4.69, 9.17) is 0 Å². The van der Waals surface area contributed by atoms with Gasteiger partial charge < -0.3 is 10.2 Å². The summed E-state index contributed by atoms with van der Waals surface area (Å²) in [5.41, 5.74) is 3.14. The molecule has 43 heavy (non-hydrogen) atoms. The number of likely N-dealkylation sites (N-methyl/N-ethyl adjacent to an activating group) is 1. The summed E-state index contributed by atoms with van der Waals surface area (Å²) in [7, 11) is -4.20. The summed E-state index contributed by atoms with van der Waals surface area (Å²) in [6, 6.07) is 27.3. The molecule has 0 aromatic heterocycles. The maximum Gasteiger partial charge on any atom is 0.264 e. The zero-order chi connectivity index (χ0) is 31.0. The summed E-state index contributed by atoms with van der Waals surface area (Å²) in [5.74, 6) is -1.59. The Kier molecular flexibility index (Phi) is 10.3. The van der Waals surface area contributed by atoms with Gasteiger partial charge in [0.15, 0.2) is 0 Å². The second-order valence-electron chi connectivity index (χ2n) is 10.3. The Morgan fingerprint density at radius 1 is 0.837 bits per heavy atom. The van der Waals surface area contributed by atoms with Gasteiger partial charge in [-0.05, 0) is 67.8 Å². The minimum absolute atomic E-state index is 0.0197. The molecule has 0 fully saturated rings. The largest absolute Gasteiger partial charge is 0.355 e. The van der Waals surface area contributed by atoms with Crippen LogP contribution in [0.5, 0.6) is 0 Å². The van der Waals surface area contributed by atoms with Crippen LogP contribution in [0.25, 0.3) is 0 Å². The van der Waals surface area contributed by atoms with E-state index < -0.39 is 40.2 Å². The van der Waals surface area contributed by atoms with E-state index in [1.807, 2.05) is 44.2 Å². The summed E-state index contributed by atoms with van der Waals surface area (Å²) < 4.78 is 44.0. The molecule has 0 aliphatic carbocycles. The van der Waals surface area contributed by atoms with Crippen LogP contribution in [-0.4, -0.2) is 44.3 Å². The van der Waals surface area contributed by atoms with E-state index in [0.717, 1.165) is 21.0 Å². The molecule has 0 bridgehead atoms. The predicted octanol–water partition coefficient (Wildman–Crippen LogP) is 5.41. The average Bonchev–Trinajstić information content (AvgIpc) is 3.01. The molecule has 1 atom stereocenters. The highest BCUT2D eigenvalue weighted by Gasteiger charge is 2.34. The first-order valence-electron chi connectivity index (χ1n) is 14.1. The summed E-state index contributed by atoms with van der Waals surface area (Å²) in [4.78, 5) is 29.1. The van der Waals surface area contributed by atoms with Crippen LogP contribution in [0.2, 0.25) is 0 Å². The molecule has 7 nitrogen and oxygen atoms in total. The van der Waals surface area contributed by atoms with Crippen molar-refractivity contribution in [1.82, 2.24) is 10.2 Å². The van der Waals surface area contributed by atoms with Gasteiger partial charge in [-0.3, -0.25) is 13.9 Å². The van der Waals surface area contributed by atoms with E-state index in [2.05, 4.69) is 5.32 Å². The molecule has 0 heterocycles. The molecule has 4 aromatic rings. The van der Waals surface area contributed by atoms with Gasteiger partial charge in [-0.25, -0.2) is 12.8 Å². The number of benzene rings is 4. The highest BCUT2D eigenvalue weighted by atomic mass is 32.2. The van der Waals surface area contributed by atoms with Gasteiger partial charge in [0.05, 0.1) is 10.6 Å². The molecule has 0 aliphatic rings. The first kappa shape index (κ1) is 31.4. The Morgan fingerprint density at radius 3 is 2.09 bits per heavy atom. The number of carbonyl (C=O) groups is 2. The van der Waals surface area contributed by atoms with Gasteiger partial charge in [-0.2, -0.15) is 0 Å². The maximum absolute atomic E-state index is 14.9. The molecule has 224 valence electrons. The number of rotatable bonds is 12.